The highest BCUT2D eigenvalue weighted by molar-refractivity contribution is 7.15. The molecule has 116 valence electrons. The third kappa shape index (κ3) is 3.86. The van der Waals surface area contributed by atoms with Crippen LogP contribution in [0.4, 0.5) is 5.13 Å². The smallest absolute Gasteiger partial charge is 0.185 e. The maximum absolute atomic E-state index is 5.36. The van der Waals surface area contributed by atoms with E-state index in [1.54, 1.807) is 17.6 Å². The fourth-order valence-electron chi connectivity index (χ4n) is 2.31. The molecule has 0 fully saturated rings. The van der Waals surface area contributed by atoms with Gasteiger partial charge in [-0.3, -0.25) is 0 Å². The molecule has 5 heteroatoms. The first kappa shape index (κ1) is 16.0. The molecule has 0 aliphatic rings. The molecule has 2 aromatic heterocycles. The van der Waals surface area contributed by atoms with Crippen LogP contribution in [0, 0.1) is 13.8 Å². The molecule has 2 aromatic rings. The zero-order valence-corrected chi connectivity index (χ0v) is 14.4. The van der Waals surface area contributed by atoms with Gasteiger partial charge in [0.1, 0.15) is 5.76 Å². The Morgan fingerprint density at radius 3 is 2.81 bits per heavy atom. The second kappa shape index (κ2) is 7.09. The number of furan rings is 1. The molecule has 4 nitrogen and oxygen atoms in total. The van der Waals surface area contributed by atoms with Crippen LogP contribution in [0.3, 0.4) is 0 Å². The van der Waals surface area contributed by atoms with Crippen molar-refractivity contribution >= 4 is 16.5 Å². The summed E-state index contributed by atoms with van der Waals surface area (Å²) in [7, 11) is 2.08. The molecule has 1 unspecified atom stereocenters. The van der Waals surface area contributed by atoms with Gasteiger partial charge in [0.25, 0.3) is 0 Å². The van der Waals surface area contributed by atoms with Gasteiger partial charge in [-0.15, -0.1) is 11.3 Å². The van der Waals surface area contributed by atoms with Crippen molar-refractivity contribution in [3.05, 3.63) is 34.2 Å². The highest BCUT2D eigenvalue weighted by atomic mass is 32.1. The van der Waals surface area contributed by atoms with E-state index in [-0.39, 0.29) is 0 Å². The fraction of sp³-hybridized carbons (Fsp3) is 0.562. The molecule has 0 amide bonds. The number of thiazole rings is 1. The highest BCUT2D eigenvalue weighted by Gasteiger charge is 2.16. The maximum Gasteiger partial charge on any atom is 0.185 e. The lowest BCUT2D eigenvalue weighted by Crippen LogP contribution is -2.19. The van der Waals surface area contributed by atoms with Gasteiger partial charge in [-0.25, -0.2) is 4.98 Å². The molecule has 1 N–H and O–H groups in total. The lowest BCUT2D eigenvalue weighted by atomic mass is 10.2. The molecule has 0 aliphatic carbocycles. The molecule has 2 heterocycles. The van der Waals surface area contributed by atoms with Crippen molar-refractivity contribution in [3.8, 4) is 0 Å². The normalized spacial score (nSPS) is 12.6. The summed E-state index contributed by atoms with van der Waals surface area (Å²) >= 11 is 1.78. The topological polar surface area (TPSA) is 41.3 Å². The minimum atomic E-state index is 0.361. The second-order valence-electron chi connectivity index (χ2n) is 5.48. The van der Waals surface area contributed by atoms with E-state index in [2.05, 4.69) is 38.0 Å². The summed E-state index contributed by atoms with van der Waals surface area (Å²) in [6.07, 6.45) is 2.89. The zero-order valence-electron chi connectivity index (χ0n) is 13.6. The van der Waals surface area contributed by atoms with Gasteiger partial charge >= 0.3 is 0 Å². The predicted octanol–water partition coefficient (Wildman–Crippen LogP) is 4.05. The van der Waals surface area contributed by atoms with Crippen LogP contribution in [0.1, 0.15) is 48.2 Å². The van der Waals surface area contributed by atoms with E-state index >= 15 is 0 Å². The molecule has 0 bridgehead atoms. The van der Waals surface area contributed by atoms with Gasteiger partial charge < -0.3 is 14.6 Å². The van der Waals surface area contributed by atoms with Crippen molar-refractivity contribution in [2.24, 2.45) is 0 Å². The Labute approximate surface area is 131 Å². The summed E-state index contributed by atoms with van der Waals surface area (Å²) < 4.78 is 5.36. The van der Waals surface area contributed by atoms with E-state index in [9.17, 15) is 0 Å². The molecule has 0 aliphatic heterocycles. The zero-order chi connectivity index (χ0) is 15.4. The van der Waals surface area contributed by atoms with Crippen molar-refractivity contribution in [3.63, 3.8) is 0 Å². The first-order valence-electron chi connectivity index (χ1n) is 7.47. The Kier molecular flexibility index (Phi) is 5.42. The standard InChI is InChI=1S/C16H25N3OS/c1-6-8-17-11(2)15-12(3)18-16(21-15)19(5)10-14-7-9-20-13(14)4/h7,9,11,17H,6,8,10H2,1-5H3. The summed E-state index contributed by atoms with van der Waals surface area (Å²) in [6, 6.07) is 2.39. The van der Waals surface area contributed by atoms with Crippen molar-refractivity contribution in [2.75, 3.05) is 18.5 Å². The van der Waals surface area contributed by atoms with Gasteiger partial charge in [0.15, 0.2) is 5.13 Å². The Morgan fingerprint density at radius 2 is 2.19 bits per heavy atom. The third-order valence-electron chi connectivity index (χ3n) is 3.62. The molecule has 0 spiro atoms. The van der Waals surface area contributed by atoms with E-state index in [1.807, 2.05) is 13.0 Å². The predicted molar refractivity (Wildman–Crippen MR) is 89.1 cm³/mol. The number of rotatable bonds is 7. The first-order valence-corrected chi connectivity index (χ1v) is 8.29. The van der Waals surface area contributed by atoms with Crippen molar-refractivity contribution < 1.29 is 4.42 Å². The fourth-order valence-corrected chi connectivity index (χ4v) is 3.36. The van der Waals surface area contributed by atoms with E-state index in [1.165, 1.54) is 10.4 Å². The molecule has 0 radical (unpaired) electrons. The Hall–Kier alpha value is -1.33. The molecule has 2 rings (SSSR count). The summed E-state index contributed by atoms with van der Waals surface area (Å²) in [5.74, 6) is 0.980. The van der Waals surface area contributed by atoms with Crippen LogP contribution in [-0.2, 0) is 6.54 Å². The summed E-state index contributed by atoms with van der Waals surface area (Å²) in [5.41, 5.74) is 2.34. The molecular weight excluding hydrogens is 282 g/mol. The molecular formula is C16H25N3OS. The van der Waals surface area contributed by atoms with Crippen LogP contribution >= 0.6 is 11.3 Å². The van der Waals surface area contributed by atoms with Crippen LogP contribution in [-0.4, -0.2) is 18.6 Å². The number of hydrogen-bond donors (Lipinski definition) is 1. The van der Waals surface area contributed by atoms with E-state index in [0.717, 1.165) is 36.1 Å². The van der Waals surface area contributed by atoms with Gasteiger partial charge in [-0.1, -0.05) is 6.92 Å². The Balaban J connectivity index is 2.08. The number of aryl methyl sites for hydroxylation is 2. The lowest BCUT2D eigenvalue weighted by molar-refractivity contribution is 0.529. The third-order valence-corrected chi connectivity index (χ3v) is 5.07. The number of nitrogens with zero attached hydrogens (tertiary/aromatic N) is 2. The molecule has 0 saturated carbocycles. The summed E-state index contributed by atoms with van der Waals surface area (Å²) in [6.45, 7) is 10.4. The van der Waals surface area contributed by atoms with Crippen LogP contribution < -0.4 is 10.2 Å². The van der Waals surface area contributed by atoms with Gasteiger partial charge in [0, 0.05) is 30.1 Å². The largest absolute Gasteiger partial charge is 0.469 e. The van der Waals surface area contributed by atoms with Crippen molar-refractivity contribution in [1.82, 2.24) is 10.3 Å². The highest BCUT2D eigenvalue weighted by Crippen LogP contribution is 2.31. The van der Waals surface area contributed by atoms with E-state index in [0.29, 0.717) is 6.04 Å². The average molecular weight is 307 g/mol. The van der Waals surface area contributed by atoms with Gasteiger partial charge in [0.05, 0.1) is 12.0 Å². The maximum atomic E-state index is 5.36. The number of anilines is 1. The molecule has 0 aromatic carbocycles. The average Bonchev–Trinajstić information content (AvgIpc) is 3.03. The number of hydrogen-bond acceptors (Lipinski definition) is 5. The van der Waals surface area contributed by atoms with Gasteiger partial charge in [-0.2, -0.15) is 0 Å². The Morgan fingerprint density at radius 1 is 1.43 bits per heavy atom. The lowest BCUT2D eigenvalue weighted by Gasteiger charge is -2.15. The number of nitrogens with one attached hydrogen (secondary N) is 1. The van der Waals surface area contributed by atoms with Crippen LogP contribution in [0.25, 0.3) is 0 Å². The summed E-state index contributed by atoms with van der Waals surface area (Å²) in [5, 5.41) is 4.60. The van der Waals surface area contributed by atoms with Gasteiger partial charge in [-0.05, 0) is 39.8 Å². The quantitative estimate of drug-likeness (QED) is 0.838. The molecule has 21 heavy (non-hydrogen) atoms. The monoisotopic (exact) mass is 307 g/mol. The number of aromatic nitrogens is 1. The van der Waals surface area contributed by atoms with Crippen molar-refractivity contribution in [1.29, 1.82) is 0 Å². The summed E-state index contributed by atoms with van der Waals surface area (Å²) in [4.78, 5) is 8.24. The van der Waals surface area contributed by atoms with E-state index < -0.39 is 0 Å². The second-order valence-corrected chi connectivity index (χ2v) is 6.49. The molecule has 0 saturated heterocycles. The van der Waals surface area contributed by atoms with Crippen LogP contribution in [0.5, 0.6) is 0 Å². The minimum absolute atomic E-state index is 0.361. The Bertz CT molecular complexity index is 576. The van der Waals surface area contributed by atoms with E-state index in [4.69, 9.17) is 9.40 Å². The minimum Gasteiger partial charge on any atom is -0.469 e. The first-order chi connectivity index (χ1) is 10.0. The van der Waals surface area contributed by atoms with Crippen LogP contribution in [0.15, 0.2) is 16.7 Å². The van der Waals surface area contributed by atoms with Crippen LogP contribution in [0.2, 0.25) is 0 Å². The SMILES string of the molecule is CCCNC(C)c1sc(N(C)Cc2ccoc2C)nc1C. The van der Waals surface area contributed by atoms with Crippen molar-refractivity contribution in [2.45, 2.75) is 46.7 Å². The molecule has 1 atom stereocenters. The van der Waals surface area contributed by atoms with Gasteiger partial charge in [0.2, 0.25) is 0 Å².